The Morgan fingerprint density at radius 3 is 1.74 bits per heavy atom. The smallest absolute Gasteiger partial charge is 0.478 e. The Morgan fingerprint density at radius 1 is 0.685 bits per heavy atom. The summed E-state index contributed by atoms with van der Waals surface area (Å²) in [5.41, 5.74) is 6.24. The Bertz CT molecular complexity index is 2230. The molecule has 0 amide bonds. The lowest BCUT2D eigenvalue weighted by atomic mass is 9.96. The highest BCUT2D eigenvalue weighted by Crippen LogP contribution is 2.29. The molecule has 6 aromatic rings. The van der Waals surface area contributed by atoms with Crippen LogP contribution in [0.2, 0.25) is 0 Å². The molecule has 1 N–H and O–H groups in total. The number of hydrogen-bond donors (Lipinski definition) is 1. The first-order valence-corrected chi connectivity index (χ1v) is 22.9. The molecular formula is C42H42AlCl3N2O6. The third-order valence-electron chi connectivity index (χ3n) is 8.90. The summed E-state index contributed by atoms with van der Waals surface area (Å²) in [6.07, 6.45) is 4.61. The van der Waals surface area contributed by atoms with Crippen molar-refractivity contribution in [1.82, 2.24) is 9.13 Å². The Morgan fingerprint density at radius 2 is 1.17 bits per heavy atom. The molecule has 7 rings (SSSR count). The molecule has 12 heteroatoms. The summed E-state index contributed by atoms with van der Waals surface area (Å²) in [6.45, 7) is 10.5. The number of ether oxygens (including phenoxy) is 1. The molecule has 0 spiro atoms. The molecule has 0 bridgehead atoms. The standard InChI is InChI=1S/C21H21NO3.C13H17N.C8H4O3.Al.3ClH/c1-3-4-13-22-14(2)19(17-11-7-8-12-18(17)22)20(23)15-9-5-6-10-16(15)21(24)25;1-3-4-9-14-11(2)10-12-7-5-6-8-13(12)14;9-7-5-3-1-2-4-6(5)8(10)11-7;;;;/h5-12H,3-4,13H2,1-2H3,(H,24,25);5-8,10H,3-4,9H2,1-2H3;1-4H;;3*1H/q;;;+3;;;/p-3. The SMILES string of the molecule is CCCCn1c(C)c(C(=O)c2ccccc2C(=O)O)c2ccccc21.CCCCn1c(C)cc2ccccc21.O=C1OC(=O)c2ccccc21.[Cl][Al]([Cl])[Cl]. The molecule has 54 heavy (non-hydrogen) atoms. The number of carboxylic acids is 1. The van der Waals surface area contributed by atoms with Crippen LogP contribution in [-0.4, -0.2) is 49.3 Å². The van der Waals surface area contributed by atoms with Crippen molar-refractivity contribution in [2.75, 3.05) is 0 Å². The molecule has 0 atom stereocenters. The van der Waals surface area contributed by atoms with E-state index < -0.39 is 29.3 Å². The molecule has 1 aliphatic rings. The molecule has 2 aromatic heterocycles. The van der Waals surface area contributed by atoms with E-state index in [0.29, 0.717) is 16.7 Å². The summed E-state index contributed by atoms with van der Waals surface area (Å²) >= 11 is -1.72. The maximum atomic E-state index is 13.2. The largest absolute Gasteiger partial charge is 0.643 e. The summed E-state index contributed by atoms with van der Waals surface area (Å²) in [5, 5.41) is 11.6. The Hall–Kier alpha value is -4.36. The van der Waals surface area contributed by atoms with Gasteiger partial charge in [0.2, 0.25) is 0 Å². The number of aryl methyl sites for hydroxylation is 3. The van der Waals surface area contributed by atoms with Gasteiger partial charge in [-0.3, -0.25) is 4.79 Å². The van der Waals surface area contributed by atoms with E-state index in [1.54, 1.807) is 42.5 Å². The first kappa shape index (κ1) is 42.4. The van der Waals surface area contributed by atoms with Gasteiger partial charge in [0.1, 0.15) is 0 Å². The highest BCUT2D eigenvalue weighted by molar-refractivity contribution is 7.54. The van der Waals surface area contributed by atoms with Crippen LogP contribution < -0.4 is 0 Å². The van der Waals surface area contributed by atoms with Crippen LogP contribution in [0.5, 0.6) is 0 Å². The predicted molar refractivity (Wildman–Crippen MR) is 220 cm³/mol. The molecule has 3 heterocycles. The summed E-state index contributed by atoms with van der Waals surface area (Å²) < 4.78 is 8.93. The average Bonchev–Trinajstić information content (AvgIpc) is 3.75. The number of nitrogens with zero attached hydrogens (tertiary/aromatic N) is 2. The number of para-hydroxylation sites is 2. The van der Waals surface area contributed by atoms with Gasteiger partial charge in [0.05, 0.1) is 22.3 Å². The van der Waals surface area contributed by atoms with Crippen molar-refractivity contribution < 1.29 is 29.0 Å². The van der Waals surface area contributed by atoms with Crippen LogP contribution in [0.1, 0.15) is 97.9 Å². The van der Waals surface area contributed by atoms with Crippen LogP contribution in [0.4, 0.5) is 0 Å². The van der Waals surface area contributed by atoms with Gasteiger partial charge >= 0.3 is 29.3 Å². The van der Waals surface area contributed by atoms with Crippen molar-refractivity contribution in [3.05, 3.63) is 142 Å². The lowest BCUT2D eigenvalue weighted by Gasteiger charge is -2.08. The highest BCUT2D eigenvalue weighted by Gasteiger charge is 2.28. The maximum absolute atomic E-state index is 13.2. The van der Waals surface area contributed by atoms with Gasteiger partial charge in [0, 0.05) is 46.5 Å². The number of carboxylic acid groups (broad SMARTS) is 1. The highest BCUT2D eigenvalue weighted by atomic mass is 35.8. The molecule has 0 radical (unpaired) electrons. The van der Waals surface area contributed by atoms with Gasteiger partial charge < -0.3 is 19.0 Å². The van der Waals surface area contributed by atoms with Gasteiger partial charge in [-0.05, 0) is 68.5 Å². The van der Waals surface area contributed by atoms with Crippen molar-refractivity contribution >= 4 is 87.0 Å². The molecule has 0 unspecified atom stereocenters. The van der Waals surface area contributed by atoms with Gasteiger partial charge in [0.25, 0.3) is 0 Å². The van der Waals surface area contributed by atoms with Crippen molar-refractivity contribution in [3.63, 3.8) is 0 Å². The van der Waals surface area contributed by atoms with E-state index in [2.05, 4.69) is 65.0 Å². The number of halogens is 3. The molecule has 280 valence electrons. The summed E-state index contributed by atoms with van der Waals surface area (Å²) in [7, 11) is 14.8. The molecule has 0 aliphatic carbocycles. The van der Waals surface area contributed by atoms with Gasteiger partial charge in [-0.1, -0.05) is 93.4 Å². The van der Waals surface area contributed by atoms with E-state index in [0.717, 1.165) is 42.5 Å². The van der Waals surface area contributed by atoms with Crippen LogP contribution in [0.15, 0.2) is 103 Å². The minimum absolute atomic E-state index is 0.0392. The Labute approximate surface area is 332 Å². The summed E-state index contributed by atoms with van der Waals surface area (Å²) in [4.78, 5) is 46.4. The van der Waals surface area contributed by atoms with Gasteiger partial charge in [-0.2, -0.15) is 0 Å². The number of esters is 2. The molecular weight excluding hydrogens is 762 g/mol. The lowest BCUT2D eigenvalue weighted by molar-refractivity contribution is 0.0442. The first-order valence-electron chi connectivity index (χ1n) is 17.7. The number of hydrogen-bond acceptors (Lipinski definition) is 5. The normalized spacial score (nSPS) is 11.4. The van der Waals surface area contributed by atoms with Gasteiger partial charge in [-0.15, -0.1) is 0 Å². The van der Waals surface area contributed by atoms with Crippen molar-refractivity contribution in [1.29, 1.82) is 0 Å². The average molecular weight is 804 g/mol. The van der Waals surface area contributed by atoms with E-state index in [1.807, 2.05) is 31.2 Å². The fourth-order valence-electron chi connectivity index (χ4n) is 6.32. The number of benzene rings is 4. The second kappa shape index (κ2) is 20.4. The van der Waals surface area contributed by atoms with Gasteiger partial charge in [-0.25, -0.2) is 44.5 Å². The predicted octanol–water partition coefficient (Wildman–Crippen LogP) is 11.1. The summed E-state index contributed by atoms with van der Waals surface area (Å²) in [6, 6.07) is 31.6. The van der Waals surface area contributed by atoms with Crippen LogP contribution in [0, 0.1) is 13.8 Å². The molecule has 4 aromatic carbocycles. The van der Waals surface area contributed by atoms with Crippen LogP contribution in [0.3, 0.4) is 0 Å². The van der Waals surface area contributed by atoms with E-state index in [1.165, 1.54) is 35.5 Å². The van der Waals surface area contributed by atoms with Crippen molar-refractivity contribution in [2.45, 2.75) is 66.5 Å². The number of fused-ring (bicyclic) bond motifs is 3. The number of unbranched alkanes of at least 4 members (excludes halogenated alkanes) is 2. The third kappa shape index (κ3) is 10.4. The second-order valence-corrected chi connectivity index (χ2v) is 18.9. The van der Waals surface area contributed by atoms with Crippen LogP contribution >= 0.6 is 30.1 Å². The first-order chi connectivity index (χ1) is 25.9. The lowest BCUT2D eigenvalue weighted by Crippen LogP contribution is -2.11. The van der Waals surface area contributed by atoms with Crippen LogP contribution in [-0.2, 0) is 17.8 Å². The van der Waals surface area contributed by atoms with Crippen molar-refractivity contribution in [2.24, 2.45) is 0 Å². The van der Waals surface area contributed by atoms with Crippen LogP contribution in [0.25, 0.3) is 21.8 Å². The summed E-state index contributed by atoms with van der Waals surface area (Å²) in [5.74, 6) is -2.42. The zero-order valence-corrected chi connectivity index (χ0v) is 34.1. The molecule has 0 saturated carbocycles. The number of aromatic nitrogens is 2. The number of ketones is 1. The second-order valence-electron chi connectivity index (χ2n) is 12.5. The molecule has 0 saturated heterocycles. The Balaban J connectivity index is 0.000000188. The molecule has 8 nitrogen and oxygen atoms in total. The number of carbonyl (C=O) groups excluding carboxylic acids is 3. The van der Waals surface area contributed by atoms with Gasteiger partial charge in [0.15, 0.2) is 5.78 Å². The number of cyclic esters (lactones) is 2. The number of aromatic carboxylic acids is 1. The van der Waals surface area contributed by atoms with E-state index in [-0.39, 0.29) is 16.9 Å². The maximum Gasteiger partial charge on any atom is 0.643 e. The zero-order valence-electron chi connectivity index (χ0n) is 30.7. The fourth-order valence-corrected chi connectivity index (χ4v) is 6.32. The number of rotatable bonds is 9. The van der Waals surface area contributed by atoms with E-state index in [9.17, 15) is 24.3 Å². The van der Waals surface area contributed by atoms with E-state index in [4.69, 9.17) is 30.1 Å². The Kier molecular flexibility index (Phi) is 16.0. The van der Waals surface area contributed by atoms with Crippen molar-refractivity contribution in [3.8, 4) is 0 Å². The molecule has 0 fully saturated rings. The quantitative estimate of drug-likeness (QED) is 0.0675. The monoisotopic (exact) mass is 802 g/mol. The minimum atomic E-state index is -1.72. The van der Waals surface area contributed by atoms with E-state index >= 15 is 0 Å². The fraction of sp³-hybridized carbons (Fsp3) is 0.238. The third-order valence-corrected chi connectivity index (χ3v) is 8.90. The zero-order chi connectivity index (χ0) is 39.4. The molecule has 1 aliphatic heterocycles. The number of carbonyl (C=O) groups is 4. The topological polar surface area (TPSA) is 108 Å². The minimum Gasteiger partial charge on any atom is -0.478 e.